The van der Waals surface area contributed by atoms with E-state index in [0.717, 1.165) is 5.56 Å². The molecule has 19 heavy (non-hydrogen) atoms. The Morgan fingerprint density at radius 2 is 2.00 bits per heavy atom. The second-order valence-corrected chi connectivity index (χ2v) is 6.72. The standard InChI is InChI=1S/C12H18N2O4S/c1-10-4-9-18-11(10)12(15)13-5-3-6-14(8-7-13)19(2,16)17/h4,9H,3,5-8H2,1-2H3. The highest BCUT2D eigenvalue weighted by atomic mass is 32.2. The topological polar surface area (TPSA) is 70.8 Å². The van der Waals surface area contributed by atoms with Crippen LogP contribution in [0.1, 0.15) is 22.5 Å². The molecule has 6 nitrogen and oxygen atoms in total. The van der Waals surface area contributed by atoms with Gasteiger partial charge in [-0.3, -0.25) is 4.79 Å². The fraction of sp³-hybridized carbons (Fsp3) is 0.583. The number of furan rings is 1. The Labute approximate surface area is 113 Å². The predicted octanol–water partition coefficient (Wildman–Crippen LogP) is 0.696. The van der Waals surface area contributed by atoms with Gasteiger partial charge in [0.05, 0.1) is 12.5 Å². The van der Waals surface area contributed by atoms with Crippen LogP contribution in [0.3, 0.4) is 0 Å². The third kappa shape index (κ3) is 3.16. The Kier molecular flexibility index (Phi) is 3.96. The summed E-state index contributed by atoms with van der Waals surface area (Å²) >= 11 is 0. The van der Waals surface area contributed by atoms with E-state index in [9.17, 15) is 13.2 Å². The van der Waals surface area contributed by atoms with Crippen molar-refractivity contribution >= 4 is 15.9 Å². The first-order valence-corrected chi connectivity index (χ1v) is 8.03. The summed E-state index contributed by atoms with van der Waals surface area (Å²) in [6.07, 6.45) is 3.32. The number of carbonyl (C=O) groups excluding carboxylic acids is 1. The van der Waals surface area contributed by atoms with Crippen molar-refractivity contribution in [3.63, 3.8) is 0 Å². The van der Waals surface area contributed by atoms with Gasteiger partial charge in [0.15, 0.2) is 5.76 Å². The van der Waals surface area contributed by atoms with Crippen LogP contribution in [0.25, 0.3) is 0 Å². The Hall–Kier alpha value is -1.34. The van der Waals surface area contributed by atoms with Crippen LogP contribution in [0, 0.1) is 6.92 Å². The number of hydrogen-bond donors (Lipinski definition) is 0. The maximum Gasteiger partial charge on any atom is 0.289 e. The summed E-state index contributed by atoms with van der Waals surface area (Å²) in [6, 6.07) is 1.74. The Balaban J connectivity index is 2.08. The van der Waals surface area contributed by atoms with Crippen LogP contribution in [-0.4, -0.2) is 56.0 Å². The van der Waals surface area contributed by atoms with Crippen LogP contribution in [-0.2, 0) is 10.0 Å². The number of sulfonamides is 1. The molecule has 1 saturated heterocycles. The van der Waals surface area contributed by atoms with Gasteiger partial charge in [0.2, 0.25) is 10.0 Å². The fourth-order valence-corrected chi connectivity index (χ4v) is 3.04. The summed E-state index contributed by atoms with van der Waals surface area (Å²) in [5, 5.41) is 0. The zero-order valence-corrected chi connectivity index (χ0v) is 11.9. The lowest BCUT2D eigenvalue weighted by molar-refractivity contribution is 0.0731. The molecule has 0 atom stereocenters. The maximum atomic E-state index is 12.3. The summed E-state index contributed by atoms with van der Waals surface area (Å²) in [4.78, 5) is 13.9. The van der Waals surface area contributed by atoms with E-state index in [1.165, 1.54) is 16.8 Å². The van der Waals surface area contributed by atoms with Gasteiger partial charge in [-0.25, -0.2) is 12.7 Å². The van der Waals surface area contributed by atoms with Crippen LogP contribution in [0.5, 0.6) is 0 Å². The molecule has 0 aliphatic carbocycles. The molecular formula is C12H18N2O4S. The third-order valence-corrected chi connectivity index (χ3v) is 4.57. The van der Waals surface area contributed by atoms with Crippen LogP contribution in [0.2, 0.25) is 0 Å². The molecule has 0 radical (unpaired) electrons. The van der Waals surface area contributed by atoms with E-state index < -0.39 is 10.0 Å². The highest BCUT2D eigenvalue weighted by Gasteiger charge is 2.26. The summed E-state index contributed by atoms with van der Waals surface area (Å²) < 4.78 is 29.6. The molecule has 0 unspecified atom stereocenters. The van der Waals surface area contributed by atoms with Crippen molar-refractivity contribution < 1.29 is 17.6 Å². The normalized spacial score (nSPS) is 18.3. The van der Waals surface area contributed by atoms with Crippen molar-refractivity contribution in [3.8, 4) is 0 Å². The van der Waals surface area contributed by atoms with E-state index >= 15 is 0 Å². The van der Waals surface area contributed by atoms with Gasteiger partial charge < -0.3 is 9.32 Å². The van der Waals surface area contributed by atoms with E-state index in [1.807, 2.05) is 6.92 Å². The minimum absolute atomic E-state index is 0.169. The van der Waals surface area contributed by atoms with Gasteiger partial charge in [-0.05, 0) is 19.4 Å². The molecule has 0 spiro atoms. The van der Waals surface area contributed by atoms with Crippen molar-refractivity contribution in [2.45, 2.75) is 13.3 Å². The van der Waals surface area contributed by atoms with Gasteiger partial charge >= 0.3 is 0 Å². The summed E-state index contributed by atoms with van der Waals surface area (Å²) in [5.41, 5.74) is 0.800. The molecule has 1 aromatic rings. The summed E-state index contributed by atoms with van der Waals surface area (Å²) in [6.45, 7) is 3.55. The smallest absolute Gasteiger partial charge is 0.289 e. The predicted molar refractivity (Wildman–Crippen MR) is 70.4 cm³/mol. The third-order valence-electron chi connectivity index (χ3n) is 3.27. The maximum absolute atomic E-state index is 12.3. The summed E-state index contributed by atoms with van der Waals surface area (Å²) in [5.74, 6) is 0.172. The van der Waals surface area contributed by atoms with Crippen molar-refractivity contribution in [1.82, 2.24) is 9.21 Å². The van der Waals surface area contributed by atoms with Gasteiger partial charge in [-0.15, -0.1) is 0 Å². The van der Waals surface area contributed by atoms with Crippen molar-refractivity contribution in [2.24, 2.45) is 0 Å². The van der Waals surface area contributed by atoms with E-state index in [0.29, 0.717) is 38.4 Å². The van der Waals surface area contributed by atoms with E-state index in [4.69, 9.17) is 4.42 Å². The molecule has 0 bridgehead atoms. The molecule has 1 aliphatic heterocycles. The Bertz CT molecular complexity index is 564. The Morgan fingerprint density at radius 1 is 1.26 bits per heavy atom. The highest BCUT2D eigenvalue weighted by molar-refractivity contribution is 7.88. The van der Waals surface area contributed by atoms with Crippen LogP contribution < -0.4 is 0 Å². The number of nitrogens with zero attached hydrogens (tertiary/aromatic N) is 2. The van der Waals surface area contributed by atoms with Crippen molar-refractivity contribution in [2.75, 3.05) is 32.4 Å². The first kappa shape index (κ1) is 14.1. The molecule has 7 heteroatoms. The molecule has 1 amide bonds. The largest absolute Gasteiger partial charge is 0.459 e. The second-order valence-electron chi connectivity index (χ2n) is 4.74. The minimum atomic E-state index is -3.19. The van der Waals surface area contributed by atoms with E-state index in [1.54, 1.807) is 11.0 Å². The number of rotatable bonds is 2. The Morgan fingerprint density at radius 3 is 2.58 bits per heavy atom. The number of carbonyl (C=O) groups is 1. The molecule has 1 fully saturated rings. The molecular weight excluding hydrogens is 268 g/mol. The van der Waals surface area contributed by atoms with Gasteiger partial charge in [-0.2, -0.15) is 0 Å². The lowest BCUT2D eigenvalue weighted by Gasteiger charge is -2.20. The molecule has 0 aromatic carbocycles. The molecule has 1 aromatic heterocycles. The van der Waals surface area contributed by atoms with Gasteiger partial charge in [0.1, 0.15) is 0 Å². The van der Waals surface area contributed by atoms with Crippen molar-refractivity contribution in [1.29, 1.82) is 0 Å². The van der Waals surface area contributed by atoms with E-state index in [2.05, 4.69) is 0 Å². The first-order valence-electron chi connectivity index (χ1n) is 6.18. The highest BCUT2D eigenvalue weighted by Crippen LogP contribution is 2.14. The SMILES string of the molecule is Cc1ccoc1C(=O)N1CCCN(S(C)(=O)=O)CC1. The zero-order chi connectivity index (χ0) is 14.0. The quantitative estimate of drug-likeness (QED) is 0.802. The minimum Gasteiger partial charge on any atom is -0.459 e. The number of hydrogen-bond acceptors (Lipinski definition) is 4. The molecule has 0 N–H and O–H groups in total. The first-order chi connectivity index (χ1) is 8.89. The molecule has 1 aliphatic rings. The lowest BCUT2D eigenvalue weighted by Crippen LogP contribution is -2.37. The fourth-order valence-electron chi connectivity index (χ4n) is 2.16. The molecule has 0 saturated carbocycles. The van der Waals surface area contributed by atoms with Gasteiger partial charge in [-0.1, -0.05) is 0 Å². The van der Waals surface area contributed by atoms with Crippen LogP contribution in [0.4, 0.5) is 0 Å². The van der Waals surface area contributed by atoms with Crippen molar-refractivity contribution in [3.05, 3.63) is 23.7 Å². The van der Waals surface area contributed by atoms with Crippen LogP contribution in [0.15, 0.2) is 16.7 Å². The monoisotopic (exact) mass is 286 g/mol. The number of amides is 1. The average molecular weight is 286 g/mol. The van der Waals surface area contributed by atoms with Gasteiger partial charge in [0, 0.05) is 31.7 Å². The zero-order valence-electron chi connectivity index (χ0n) is 11.1. The van der Waals surface area contributed by atoms with Crippen LogP contribution >= 0.6 is 0 Å². The molecule has 2 heterocycles. The van der Waals surface area contributed by atoms with E-state index in [-0.39, 0.29) is 5.91 Å². The molecule has 106 valence electrons. The summed E-state index contributed by atoms with van der Waals surface area (Å²) in [7, 11) is -3.19. The lowest BCUT2D eigenvalue weighted by atomic mass is 10.2. The second kappa shape index (κ2) is 5.34. The number of aryl methyl sites for hydroxylation is 1. The molecule has 2 rings (SSSR count). The van der Waals surface area contributed by atoms with Gasteiger partial charge in [0.25, 0.3) is 5.91 Å². The average Bonchev–Trinajstić information content (AvgIpc) is 2.62.